The molecule has 17 heavy (non-hydrogen) atoms. The second-order valence-corrected chi connectivity index (χ2v) is 4.50. The van der Waals surface area contributed by atoms with E-state index < -0.39 is 0 Å². The molecule has 0 aromatic carbocycles. The van der Waals surface area contributed by atoms with E-state index in [9.17, 15) is 4.79 Å². The van der Waals surface area contributed by atoms with Crippen LogP contribution in [0.15, 0.2) is 23.7 Å². The smallest absolute Gasteiger partial charge is 0.242 e. The predicted octanol–water partition coefficient (Wildman–Crippen LogP) is 0.115. The van der Waals surface area contributed by atoms with Gasteiger partial charge in [-0.2, -0.15) is 0 Å². The highest BCUT2D eigenvalue weighted by molar-refractivity contribution is 7.09. The predicted molar refractivity (Wildman–Crippen MR) is 64.1 cm³/mol. The zero-order chi connectivity index (χ0) is 12.1. The molecule has 2 aromatic heterocycles. The van der Waals surface area contributed by atoms with Crippen molar-refractivity contribution in [2.45, 2.75) is 19.6 Å². The van der Waals surface area contributed by atoms with Crippen molar-refractivity contribution in [1.29, 1.82) is 0 Å². The Morgan fingerprint density at radius 1 is 1.59 bits per heavy atom. The minimum atomic E-state index is -0.0909. The molecule has 2 heterocycles. The third-order valence-electron chi connectivity index (χ3n) is 2.14. The van der Waals surface area contributed by atoms with Gasteiger partial charge in [0, 0.05) is 11.4 Å². The quantitative estimate of drug-likeness (QED) is 0.790. The Hall–Kier alpha value is -1.73. The highest BCUT2D eigenvalue weighted by atomic mass is 32.1. The summed E-state index contributed by atoms with van der Waals surface area (Å²) in [5, 5.41) is 12.4. The number of amides is 1. The lowest BCUT2D eigenvalue weighted by Gasteiger charge is -2.02. The Morgan fingerprint density at radius 3 is 3.12 bits per heavy atom. The fraction of sp³-hybridized carbons (Fsp3) is 0.300. The van der Waals surface area contributed by atoms with Crippen LogP contribution in [0, 0.1) is 0 Å². The van der Waals surface area contributed by atoms with Crippen LogP contribution in [0.3, 0.4) is 0 Å². The van der Waals surface area contributed by atoms with Gasteiger partial charge in [0.15, 0.2) is 0 Å². The van der Waals surface area contributed by atoms with Crippen molar-refractivity contribution in [3.63, 3.8) is 0 Å². The normalized spacial score (nSPS) is 10.4. The number of carbonyl (C=O) groups is 1. The van der Waals surface area contributed by atoms with Gasteiger partial charge in [-0.3, -0.25) is 4.79 Å². The number of rotatable bonds is 5. The Labute approximate surface area is 102 Å². The van der Waals surface area contributed by atoms with Crippen molar-refractivity contribution < 1.29 is 4.79 Å². The maximum atomic E-state index is 11.6. The monoisotopic (exact) mass is 251 g/mol. The SMILES string of the molecule is NCc1cn(CC(=O)NCc2cccs2)nn1. The highest BCUT2D eigenvalue weighted by Gasteiger charge is 2.05. The lowest BCUT2D eigenvalue weighted by Crippen LogP contribution is -2.27. The number of hydrogen-bond donors (Lipinski definition) is 2. The molecular weight excluding hydrogens is 238 g/mol. The van der Waals surface area contributed by atoms with E-state index in [0.717, 1.165) is 4.88 Å². The summed E-state index contributed by atoms with van der Waals surface area (Å²) < 4.78 is 1.48. The average Bonchev–Trinajstić information content (AvgIpc) is 2.97. The maximum Gasteiger partial charge on any atom is 0.242 e. The number of nitrogens with zero attached hydrogens (tertiary/aromatic N) is 3. The van der Waals surface area contributed by atoms with E-state index in [-0.39, 0.29) is 12.5 Å². The molecule has 0 aliphatic rings. The van der Waals surface area contributed by atoms with Gasteiger partial charge in [-0.05, 0) is 11.4 Å². The molecule has 2 aromatic rings. The molecule has 0 saturated carbocycles. The first-order chi connectivity index (χ1) is 8.28. The minimum Gasteiger partial charge on any atom is -0.350 e. The number of carbonyl (C=O) groups excluding carboxylic acids is 1. The fourth-order valence-corrected chi connectivity index (χ4v) is 1.96. The molecule has 0 spiro atoms. The summed E-state index contributed by atoms with van der Waals surface area (Å²) in [5.74, 6) is -0.0909. The van der Waals surface area contributed by atoms with Crippen LogP contribution in [-0.4, -0.2) is 20.9 Å². The first-order valence-corrected chi connectivity index (χ1v) is 6.04. The van der Waals surface area contributed by atoms with Crippen LogP contribution in [0.25, 0.3) is 0 Å². The number of nitrogens with two attached hydrogens (primary N) is 1. The van der Waals surface area contributed by atoms with E-state index in [1.54, 1.807) is 17.5 Å². The van der Waals surface area contributed by atoms with E-state index in [1.165, 1.54) is 4.68 Å². The van der Waals surface area contributed by atoms with Gasteiger partial charge in [0.1, 0.15) is 6.54 Å². The van der Waals surface area contributed by atoms with Gasteiger partial charge in [-0.1, -0.05) is 11.3 Å². The molecule has 0 atom stereocenters. The van der Waals surface area contributed by atoms with Gasteiger partial charge in [0.05, 0.1) is 18.4 Å². The third kappa shape index (κ3) is 3.36. The number of nitrogens with one attached hydrogen (secondary N) is 1. The molecule has 0 aliphatic carbocycles. The molecule has 6 nitrogen and oxygen atoms in total. The second-order valence-electron chi connectivity index (χ2n) is 3.47. The second kappa shape index (κ2) is 5.55. The molecule has 90 valence electrons. The zero-order valence-electron chi connectivity index (χ0n) is 9.17. The molecule has 0 unspecified atom stereocenters. The van der Waals surface area contributed by atoms with Gasteiger partial charge >= 0.3 is 0 Å². The van der Waals surface area contributed by atoms with Gasteiger partial charge < -0.3 is 11.1 Å². The van der Waals surface area contributed by atoms with Gasteiger partial charge in [0.2, 0.25) is 5.91 Å². The average molecular weight is 251 g/mol. The van der Waals surface area contributed by atoms with Crippen molar-refractivity contribution in [2.75, 3.05) is 0 Å². The van der Waals surface area contributed by atoms with Crippen LogP contribution >= 0.6 is 11.3 Å². The standard InChI is InChI=1S/C10H13N5OS/c11-4-8-6-15(14-13-8)7-10(16)12-5-9-2-1-3-17-9/h1-3,6H,4-5,7,11H2,(H,12,16). The Kier molecular flexibility index (Phi) is 3.84. The van der Waals surface area contributed by atoms with Crippen LogP contribution in [0.2, 0.25) is 0 Å². The molecule has 0 fully saturated rings. The van der Waals surface area contributed by atoms with Gasteiger partial charge in [-0.15, -0.1) is 16.4 Å². The van der Waals surface area contributed by atoms with Crippen LogP contribution in [0.1, 0.15) is 10.6 Å². The maximum absolute atomic E-state index is 11.6. The number of thiophene rings is 1. The Bertz CT molecular complexity index is 479. The molecule has 0 radical (unpaired) electrons. The summed E-state index contributed by atoms with van der Waals surface area (Å²) in [6, 6.07) is 3.93. The number of hydrogen-bond acceptors (Lipinski definition) is 5. The van der Waals surface area contributed by atoms with Gasteiger partial charge in [0.25, 0.3) is 0 Å². The molecule has 2 rings (SSSR count). The molecule has 7 heteroatoms. The fourth-order valence-electron chi connectivity index (χ4n) is 1.31. The van der Waals surface area contributed by atoms with Crippen LogP contribution < -0.4 is 11.1 Å². The summed E-state index contributed by atoms with van der Waals surface area (Å²) in [5.41, 5.74) is 6.08. The van der Waals surface area contributed by atoms with E-state index in [1.807, 2.05) is 17.5 Å². The Morgan fingerprint density at radius 2 is 2.47 bits per heavy atom. The van der Waals surface area contributed by atoms with E-state index in [4.69, 9.17) is 5.73 Å². The summed E-state index contributed by atoms with van der Waals surface area (Å²) >= 11 is 1.61. The first-order valence-electron chi connectivity index (χ1n) is 5.16. The van der Waals surface area contributed by atoms with E-state index in [0.29, 0.717) is 18.8 Å². The van der Waals surface area contributed by atoms with Crippen molar-refractivity contribution in [1.82, 2.24) is 20.3 Å². The van der Waals surface area contributed by atoms with Crippen molar-refractivity contribution in [3.8, 4) is 0 Å². The summed E-state index contributed by atoms with van der Waals surface area (Å²) in [6.07, 6.45) is 1.67. The van der Waals surface area contributed by atoms with E-state index in [2.05, 4.69) is 15.6 Å². The summed E-state index contributed by atoms with van der Waals surface area (Å²) in [7, 11) is 0. The van der Waals surface area contributed by atoms with Crippen molar-refractivity contribution >= 4 is 17.2 Å². The molecule has 0 aliphatic heterocycles. The molecule has 0 bridgehead atoms. The molecule has 0 saturated heterocycles. The molecule has 3 N–H and O–H groups in total. The summed E-state index contributed by atoms with van der Waals surface area (Å²) in [6.45, 7) is 1.05. The largest absolute Gasteiger partial charge is 0.350 e. The summed E-state index contributed by atoms with van der Waals surface area (Å²) in [4.78, 5) is 12.7. The Balaban J connectivity index is 1.81. The highest BCUT2D eigenvalue weighted by Crippen LogP contribution is 2.07. The topological polar surface area (TPSA) is 85.8 Å². The van der Waals surface area contributed by atoms with Crippen molar-refractivity contribution in [3.05, 3.63) is 34.3 Å². The zero-order valence-corrected chi connectivity index (χ0v) is 9.98. The van der Waals surface area contributed by atoms with Crippen LogP contribution in [0.4, 0.5) is 0 Å². The number of aromatic nitrogens is 3. The van der Waals surface area contributed by atoms with E-state index >= 15 is 0 Å². The minimum absolute atomic E-state index is 0.0909. The molecule has 1 amide bonds. The van der Waals surface area contributed by atoms with Crippen LogP contribution in [-0.2, 0) is 24.4 Å². The third-order valence-corrected chi connectivity index (χ3v) is 3.02. The lowest BCUT2D eigenvalue weighted by molar-refractivity contribution is -0.122. The van der Waals surface area contributed by atoms with Gasteiger partial charge in [-0.25, -0.2) is 4.68 Å². The van der Waals surface area contributed by atoms with Crippen LogP contribution in [0.5, 0.6) is 0 Å². The molecular formula is C10H13N5OS. The lowest BCUT2D eigenvalue weighted by atomic mass is 10.4. The van der Waals surface area contributed by atoms with Crippen molar-refractivity contribution in [2.24, 2.45) is 5.73 Å². The first kappa shape index (κ1) is 11.7.